The Kier molecular flexibility index (Phi) is 4.46. The average Bonchev–Trinajstić information content (AvgIpc) is 3.10. The lowest BCUT2D eigenvalue weighted by Gasteiger charge is -2.56. The van der Waals surface area contributed by atoms with Gasteiger partial charge in [0.1, 0.15) is 10.7 Å². The van der Waals surface area contributed by atoms with E-state index in [2.05, 4.69) is 25.6 Å². The number of aromatic nitrogens is 3. The van der Waals surface area contributed by atoms with Crippen LogP contribution in [0.4, 0.5) is 0 Å². The molecule has 0 radical (unpaired) electrons. The number of thiazole rings is 1. The van der Waals surface area contributed by atoms with Crippen molar-refractivity contribution in [3.05, 3.63) is 29.7 Å². The van der Waals surface area contributed by atoms with Gasteiger partial charge in [0.2, 0.25) is 5.91 Å². The summed E-state index contributed by atoms with van der Waals surface area (Å²) in [6.45, 7) is 0.662. The molecule has 4 aliphatic rings. The van der Waals surface area contributed by atoms with Crippen LogP contribution in [0, 0.1) is 23.2 Å². The van der Waals surface area contributed by atoms with Gasteiger partial charge < -0.3 is 5.32 Å². The van der Waals surface area contributed by atoms with E-state index < -0.39 is 0 Å². The fourth-order valence-electron chi connectivity index (χ4n) is 6.19. The van der Waals surface area contributed by atoms with Crippen molar-refractivity contribution in [2.75, 3.05) is 6.54 Å². The third kappa shape index (κ3) is 3.64. The molecule has 0 unspecified atom stereocenters. The second kappa shape index (κ2) is 6.97. The summed E-state index contributed by atoms with van der Waals surface area (Å²) in [5.41, 5.74) is 2.13. The minimum absolute atomic E-state index is 0.237. The second-order valence-electron chi connectivity index (χ2n) is 8.93. The van der Waals surface area contributed by atoms with Crippen molar-refractivity contribution >= 4 is 17.2 Å². The van der Waals surface area contributed by atoms with Crippen LogP contribution in [-0.4, -0.2) is 27.4 Å². The molecular weight excluding hydrogens is 356 g/mol. The zero-order valence-corrected chi connectivity index (χ0v) is 16.4. The van der Waals surface area contributed by atoms with E-state index in [1.807, 2.05) is 0 Å². The van der Waals surface area contributed by atoms with Gasteiger partial charge in [-0.25, -0.2) is 4.98 Å². The number of nitrogens with one attached hydrogen (secondary N) is 1. The lowest BCUT2D eigenvalue weighted by molar-refractivity contribution is -0.129. The predicted octanol–water partition coefficient (Wildman–Crippen LogP) is 3.87. The predicted molar refractivity (Wildman–Crippen MR) is 105 cm³/mol. The van der Waals surface area contributed by atoms with Crippen LogP contribution in [-0.2, 0) is 11.2 Å². The van der Waals surface area contributed by atoms with Crippen molar-refractivity contribution in [2.24, 2.45) is 23.2 Å². The van der Waals surface area contributed by atoms with Crippen molar-refractivity contribution in [2.45, 2.75) is 51.4 Å². The molecule has 5 nitrogen and oxygen atoms in total. The Morgan fingerprint density at radius 1 is 1.15 bits per heavy atom. The normalized spacial score (nSPS) is 31.2. The van der Waals surface area contributed by atoms with Crippen LogP contribution in [0.25, 0.3) is 10.7 Å². The van der Waals surface area contributed by atoms with Crippen LogP contribution in [0.5, 0.6) is 0 Å². The van der Waals surface area contributed by atoms with Gasteiger partial charge in [-0.15, -0.1) is 11.3 Å². The lowest BCUT2D eigenvalue weighted by Crippen LogP contribution is -2.48. The summed E-state index contributed by atoms with van der Waals surface area (Å²) in [6.07, 6.45) is 14.7. The van der Waals surface area contributed by atoms with Crippen molar-refractivity contribution in [1.82, 2.24) is 20.3 Å². The Labute approximate surface area is 164 Å². The minimum atomic E-state index is 0.237. The van der Waals surface area contributed by atoms with Crippen molar-refractivity contribution in [3.8, 4) is 10.7 Å². The summed E-state index contributed by atoms with van der Waals surface area (Å²) in [6, 6.07) is 0. The number of carbonyl (C=O) groups is 1. The first-order chi connectivity index (χ1) is 13.2. The Morgan fingerprint density at radius 3 is 2.56 bits per heavy atom. The molecule has 4 aliphatic carbocycles. The molecule has 142 valence electrons. The lowest BCUT2D eigenvalue weighted by atomic mass is 9.49. The van der Waals surface area contributed by atoms with Crippen LogP contribution in [0.2, 0.25) is 0 Å². The van der Waals surface area contributed by atoms with Gasteiger partial charge in [-0.2, -0.15) is 0 Å². The van der Waals surface area contributed by atoms with Crippen LogP contribution in [0.1, 0.15) is 50.6 Å². The summed E-state index contributed by atoms with van der Waals surface area (Å²) in [7, 11) is 0. The van der Waals surface area contributed by atoms with E-state index in [4.69, 9.17) is 0 Å². The van der Waals surface area contributed by atoms with Crippen molar-refractivity contribution in [1.29, 1.82) is 0 Å². The van der Waals surface area contributed by atoms with Gasteiger partial charge >= 0.3 is 0 Å². The smallest absolute Gasteiger partial charge is 0.220 e. The molecule has 0 atom stereocenters. The number of nitrogens with zero attached hydrogens (tertiary/aromatic N) is 3. The van der Waals surface area contributed by atoms with Gasteiger partial charge in [0, 0.05) is 37.2 Å². The quantitative estimate of drug-likeness (QED) is 0.824. The SMILES string of the molecule is O=C(CC12CC3CC(CC(C3)C1)C2)NCCc1csc(-c2cnccn2)n1. The van der Waals surface area contributed by atoms with E-state index in [9.17, 15) is 4.79 Å². The van der Waals surface area contributed by atoms with Gasteiger partial charge in [-0.3, -0.25) is 14.8 Å². The topological polar surface area (TPSA) is 67.8 Å². The summed E-state index contributed by atoms with van der Waals surface area (Å²) in [4.78, 5) is 25.6. The fraction of sp³-hybridized carbons (Fsp3) is 0.619. The van der Waals surface area contributed by atoms with Crippen LogP contribution < -0.4 is 5.32 Å². The summed E-state index contributed by atoms with van der Waals surface area (Å²) < 4.78 is 0. The Morgan fingerprint density at radius 2 is 1.89 bits per heavy atom. The molecule has 6 heteroatoms. The molecule has 0 saturated heterocycles. The highest BCUT2D eigenvalue weighted by Gasteiger charge is 2.51. The molecule has 1 N–H and O–H groups in total. The molecule has 6 rings (SSSR count). The van der Waals surface area contributed by atoms with Crippen molar-refractivity contribution < 1.29 is 4.79 Å². The van der Waals surface area contributed by atoms with Crippen LogP contribution in [0.15, 0.2) is 24.0 Å². The largest absolute Gasteiger partial charge is 0.356 e. The molecule has 0 spiro atoms. The highest BCUT2D eigenvalue weighted by Crippen LogP contribution is 2.61. The maximum absolute atomic E-state index is 12.6. The van der Waals surface area contributed by atoms with Crippen LogP contribution >= 0.6 is 11.3 Å². The zero-order valence-electron chi connectivity index (χ0n) is 15.6. The maximum Gasteiger partial charge on any atom is 0.220 e. The van der Waals surface area contributed by atoms with E-state index in [0.717, 1.165) is 47.0 Å². The first kappa shape index (κ1) is 17.3. The van der Waals surface area contributed by atoms with E-state index in [1.165, 1.54) is 38.5 Å². The average molecular weight is 383 g/mol. The molecule has 2 aromatic rings. The Balaban J connectivity index is 1.13. The number of hydrogen-bond donors (Lipinski definition) is 1. The molecule has 4 fully saturated rings. The first-order valence-corrected chi connectivity index (χ1v) is 11.0. The first-order valence-electron chi connectivity index (χ1n) is 10.1. The van der Waals surface area contributed by atoms with Gasteiger partial charge in [0.05, 0.1) is 11.9 Å². The summed E-state index contributed by atoms with van der Waals surface area (Å²) in [5.74, 6) is 2.94. The van der Waals surface area contributed by atoms with Gasteiger partial charge in [-0.05, 0) is 61.7 Å². The van der Waals surface area contributed by atoms with Gasteiger partial charge in [0.25, 0.3) is 0 Å². The zero-order chi connectivity index (χ0) is 18.3. The van der Waals surface area contributed by atoms with E-state index in [0.29, 0.717) is 12.0 Å². The molecule has 27 heavy (non-hydrogen) atoms. The van der Waals surface area contributed by atoms with E-state index >= 15 is 0 Å². The van der Waals surface area contributed by atoms with E-state index in [1.54, 1.807) is 29.9 Å². The number of carbonyl (C=O) groups excluding carboxylic acids is 1. The highest BCUT2D eigenvalue weighted by molar-refractivity contribution is 7.13. The minimum Gasteiger partial charge on any atom is -0.356 e. The molecule has 4 saturated carbocycles. The molecular formula is C21H26N4OS. The highest BCUT2D eigenvalue weighted by atomic mass is 32.1. The summed E-state index contributed by atoms with van der Waals surface area (Å²) >= 11 is 1.58. The standard InChI is InChI=1S/C21H26N4OS/c26-19(11-21-8-14-5-15(9-21)7-16(6-14)10-21)24-2-1-17-13-27-20(25-17)18-12-22-3-4-23-18/h3-4,12-16H,1-2,5-11H2,(H,24,26). The Hall–Kier alpha value is -1.82. The fourth-order valence-corrected chi connectivity index (χ4v) is 7.00. The molecule has 0 aliphatic heterocycles. The molecule has 2 aromatic heterocycles. The van der Waals surface area contributed by atoms with Gasteiger partial charge in [-0.1, -0.05) is 0 Å². The molecule has 4 bridgehead atoms. The van der Waals surface area contributed by atoms with Crippen molar-refractivity contribution in [3.63, 3.8) is 0 Å². The molecule has 2 heterocycles. The van der Waals surface area contributed by atoms with Crippen LogP contribution in [0.3, 0.4) is 0 Å². The third-order valence-corrected chi connectivity index (χ3v) is 7.65. The molecule has 1 amide bonds. The second-order valence-corrected chi connectivity index (χ2v) is 9.79. The van der Waals surface area contributed by atoms with Gasteiger partial charge in [0.15, 0.2) is 0 Å². The number of rotatable bonds is 6. The molecule has 0 aromatic carbocycles. The third-order valence-electron chi connectivity index (χ3n) is 6.74. The number of hydrogen-bond acceptors (Lipinski definition) is 5. The Bertz CT molecular complexity index is 783. The van der Waals surface area contributed by atoms with E-state index in [-0.39, 0.29) is 5.91 Å². The monoisotopic (exact) mass is 382 g/mol. The summed E-state index contributed by atoms with van der Waals surface area (Å²) in [5, 5.41) is 6.09. The number of amides is 1. The maximum atomic E-state index is 12.6.